The summed E-state index contributed by atoms with van der Waals surface area (Å²) in [7, 11) is 0. The lowest BCUT2D eigenvalue weighted by molar-refractivity contribution is -0.389. The summed E-state index contributed by atoms with van der Waals surface area (Å²) in [6.07, 6.45) is 1.92. The topological polar surface area (TPSA) is 111 Å². The van der Waals surface area contributed by atoms with Gasteiger partial charge < -0.3 is 21.2 Å². The maximum Gasteiger partial charge on any atom is 0.364 e. The molecule has 18 heavy (non-hydrogen) atoms. The van der Waals surface area contributed by atoms with Crippen LogP contribution in [0.2, 0.25) is 0 Å². The number of hydrogen-bond donors (Lipinski definition) is 2. The second kappa shape index (κ2) is 6.41. The van der Waals surface area contributed by atoms with Crippen molar-refractivity contribution in [1.29, 1.82) is 0 Å². The first kappa shape index (κ1) is 14.5. The Bertz CT molecular complexity index is 462. The quantitative estimate of drug-likeness (QED) is 0.626. The standard InChI is InChI=1S/C10H13BrN4O3/c1-2-6(4-12)14-10(16)7-3-9(15(17)18)13-5-8(7)11/h3,5-6H,2,4,12H2,1H3,(H,14,16). The molecule has 1 heterocycles. The largest absolute Gasteiger partial charge is 0.364 e. The number of nitro groups is 1. The number of amides is 1. The van der Waals surface area contributed by atoms with Gasteiger partial charge in [0.15, 0.2) is 6.20 Å². The van der Waals surface area contributed by atoms with E-state index in [0.29, 0.717) is 17.4 Å². The van der Waals surface area contributed by atoms with Crippen LogP contribution in [-0.2, 0) is 0 Å². The van der Waals surface area contributed by atoms with Gasteiger partial charge in [0.2, 0.25) is 0 Å². The third-order valence-electron chi connectivity index (χ3n) is 2.39. The molecule has 8 heteroatoms. The van der Waals surface area contributed by atoms with Gasteiger partial charge in [-0.1, -0.05) is 6.92 Å². The lowest BCUT2D eigenvalue weighted by Crippen LogP contribution is -2.39. The highest BCUT2D eigenvalue weighted by Gasteiger charge is 2.19. The fourth-order valence-electron chi connectivity index (χ4n) is 1.29. The fourth-order valence-corrected chi connectivity index (χ4v) is 1.69. The summed E-state index contributed by atoms with van der Waals surface area (Å²) in [5, 5.41) is 13.3. The van der Waals surface area contributed by atoms with Crippen LogP contribution in [0.25, 0.3) is 0 Å². The van der Waals surface area contributed by atoms with Crippen LogP contribution < -0.4 is 11.1 Å². The summed E-state index contributed by atoms with van der Waals surface area (Å²) in [4.78, 5) is 25.5. The van der Waals surface area contributed by atoms with E-state index >= 15 is 0 Å². The van der Waals surface area contributed by atoms with Gasteiger partial charge in [-0.3, -0.25) is 4.79 Å². The van der Waals surface area contributed by atoms with Crippen molar-refractivity contribution in [1.82, 2.24) is 10.3 Å². The third kappa shape index (κ3) is 3.47. The molecule has 0 spiro atoms. The zero-order chi connectivity index (χ0) is 13.7. The molecular weight excluding hydrogens is 304 g/mol. The minimum Gasteiger partial charge on any atom is -0.358 e. The monoisotopic (exact) mass is 316 g/mol. The average molecular weight is 317 g/mol. The summed E-state index contributed by atoms with van der Waals surface area (Å²) in [6.45, 7) is 2.20. The molecule has 0 radical (unpaired) electrons. The molecule has 0 saturated heterocycles. The van der Waals surface area contributed by atoms with Crippen LogP contribution in [0.4, 0.5) is 5.82 Å². The van der Waals surface area contributed by atoms with Gasteiger partial charge in [0, 0.05) is 18.7 Å². The van der Waals surface area contributed by atoms with Crippen molar-refractivity contribution in [3.8, 4) is 0 Å². The second-order valence-corrected chi connectivity index (χ2v) is 4.45. The summed E-state index contributed by atoms with van der Waals surface area (Å²) in [5.74, 6) is -0.783. The van der Waals surface area contributed by atoms with Crippen LogP contribution in [0.3, 0.4) is 0 Å². The van der Waals surface area contributed by atoms with Crippen molar-refractivity contribution in [3.63, 3.8) is 0 Å². The summed E-state index contributed by atoms with van der Waals surface area (Å²) in [6, 6.07) is 0.972. The van der Waals surface area contributed by atoms with Crippen LogP contribution >= 0.6 is 15.9 Å². The molecule has 1 amide bonds. The predicted octanol–water partition coefficient (Wildman–Crippen LogP) is 1.22. The van der Waals surface area contributed by atoms with E-state index in [1.54, 1.807) is 0 Å². The van der Waals surface area contributed by atoms with Crippen LogP contribution in [0.5, 0.6) is 0 Å². The Morgan fingerprint density at radius 1 is 1.72 bits per heavy atom. The summed E-state index contributed by atoms with van der Waals surface area (Å²) in [5.41, 5.74) is 5.65. The van der Waals surface area contributed by atoms with Crippen molar-refractivity contribution >= 4 is 27.7 Å². The molecular formula is C10H13BrN4O3. The number of aromatic nitrogens is 1. The lowest BCUT2D eigenvalue weighted by Gasteiger charge is -2.14. The van der Waals surface area contributed by atoms with Crippen molar-refractivity contribution in [2.75, 3.05) is 6.54 Å². The number of rotatable bonds is 5. The van der Waals surface area contributed by atoms with E-state index in [1.807, 2.05) is 6.92 Å². The number of carbonyl (C=O) groups is 1. The molecule has 1 aromatic rings. The number of pyridine rings is 1. The summed E-state index contributed by atoms with van der Waals surface area (Å²) < 4.78 is 0.400. The van der Waals surface area contributed by atoms with E-state index in [-0.39, 0.29) is 17.4 Å². The molecule has 0 aliphatic rings. The van der Waals surface area contributed by atoms with Crippen LogP contribution in [-0.4, -0.2) is 28.4 Å². The van der Waals surface area contributed by atoms with E-state index in [1.165, 1.54) is 6.20 Å². The number of nitrogens with one attached hydrogen (secondary N) is 1. The first-order chi connectivity index (χ1) is 8.49. The molecule has 1 rings (SSSR count). The van der Waals surface area contributed by atoms with Gasteiger partial charge >= 0.3 is 5.82 Å². The molecule has 0 fully saturated rings. The highest BCUT2D eigenvalue weighted by molar-refractivity contribution is 9.10. The van der Waals surface area contributed by atoms with Crippen LogP contribution in [0.15, 0.2) is 16.7 Å². The molecule has 0 saturated carbocycles. The number of hydrogen-bond acceptors (Lipinski definition) is 5. The number of nitrogens with zero attached hydrogens (tertiary/aromatic N) is 2. The molecule has 1 atom stereocenters. The first-order valence-corrected chi connectivity index (χ1v) is 6.09. The van der Waals surface area contributed by atoms with E-state index in [4.69, 9.17) is 5.73 Å². The molecule has 1 aromatic heterocycles. The molecule has 0 aliphatic heterocycles. The zero-order valence-corrected chi connectivity index (χ0v) is 11.3. The minimum atomic E-state index is -0.649. The molecule has 7 nitrogen and oxygen atoms in total. The Labute approximate surface area is 112 Å². The van der Waals surface area contributed by atoms with Gasteiger partial charge in [0.05, 0.1) is 10.0 Å². The highest BCUT2D eigenvalue weighted by atomic mass is 79.9. The number of halogens is 1. The molecule has 3 N–H and O–H groups in total. The average Bonchev–Trinajstić information content (AvgIpc) is 2.35. The van der Waals surface area contributed by atoms with Crippen molar-refractivity contribution in [3.05, 3.63) is 32.4 Å². The smallest absolute Gasteiger partial charge is 0.358 e. The Morgan fingerprint density at radius 3 is 2.89 bits per heavy atom. The molecule has 0 bridgehead atoms. The highest BCUT2D eigenvalue weighted by Crippen LogP contribution is 2.19. The normalized spacial score (nSPS) is 11.9. The maximum atomic E-state index is 11.9. The van der Waals surface area contributed by atoms with Gasteiger partial charge in [0.1, 0.15) is 0 Å². The Balaban J connectivity index is 2.97. The van der Waals surface area contributed by atoms with Crippen molar-refractivity contribution in [2.45, 2.75) is 19.4 Å². The zero-order valence-electron chi connectivity index (χ0n) is 9.72. The Morgan fingerprint density at radius 2 is 2.39 bits per heavy atom. The van der Waals surface area contributed by atoms with Crippen molar-refractivity contribution < 1.29 is 9.72 Å². The number of carbonyl (C=O) groups excluding carboxylic acids is 1. The van der Waals surface area contributed by atoms with E-state index < -0.39 is 10.8 Å². The maximum absolute atomic E-state index is 11.9. The van der Waals surface area contributed by atoms with E-state index in [0.717, 1.165) is 6.07 Å². The molecule has 0 aromatic carbocycles. The SMILES string of the molecule is CCC(CN)NC(=O)c1cc([N+](=O)[O-])ncc1Br. The predicted molar refractivity (Wildman–Crippen MR) is 69.2 cm³/mol. The first-order valence-electron chi connectivity index (χ1n) is 5.30. The van der Waals surface area contributed by atoms with Gasteiger partial charge in [-0.05, 0) is 32.3 Å². The van der Waals surface area contributed by atoms with Gasteiger partial charge in [0.25, 0.3) is 5.91 Å². The minimum absolute atomic E-state index is 0.156. The van der Waals surface area contributed by atoms with Crippen LogP contribution in [0.1, 0.15) is 23.7 Å². The second-order valence-electron chi connectivity index (χ2n) is 3.59. The summed E-state index contributed by atoms with van der Waals surface area (Å²) >= 11 is 3.14. The van der Waals surface area contributed by atoms with Crippen molar-refractivity contribution in [2.24, 2.45) is 5.73 Å². The van der Waals surface area contributed by atoms with Gasteiger partial charge in [-0.15, -0.1) is 0 Å². The Kier molecular flexibility index (Phi) is 5.17. The molecule has 1 unspecified atom stereocenters. The lowest BCUT2D eigenvalue weighted by atomic mass is 10.2. The van der Waals surface area contributed by atoms with Gasteiger partial charge in [-0.2, -0.15) is 0 Å². The Hall–Kier alpha value is -1.54. The van der Waals surface area contributed by atoms with Crippen LogP contribution in [0, 0.1) is 10.1 Å². The molecule has 0 aliphatic carbocycles. The molecule has 98 valence electrons. The fraction of sp³-hybridized carbons (Fsp3) is 0.400. The van der Waals surface area contributed by atoms with E-state index in [9.17, 15) is 14.9 Å². The van der Waals surface area contributed by atoms with E-state index in [2.05, 4.69) is 26.2 Å². The third-order valence-corrected chi connectivity index (χ3v) is 3.02. The number of nitrogens with two attached hydrogens (primary N) is 1. The van der Waals surface area contributed by atoms with Gasteiger partial charge in [-0.25, -0.2) is 0 Å².